The molecule has 2 aliphatic carbocycles. The summed E-state index contributed by atoms with van der Waals surface area (Å²) in [5.74, 6) is 0.215. The van der Waals surface area contributed by atoms with Gasteiger partial charge in [0.2, 0.25) is 0 Å². The normalized spacial score (nSPS) is 21.2. The Morgan fingerprint density at radius 1 is 0.692 bits per heavy atom. The van der Waals surface area contributed by atoms with Crippen LogP contribution in [0.25, 0.3) is 0 Å². The molecule has 2 aliphatic rings. The van der Waals surface area contributed by atoms with Gasteiger partial charge < -0.3 is 0 Å². The Morgan fingerprint density at radius 2 is 1.08 bits per heavy atom. The minimum absolute atomic E-state index is 0.0100. The van der Waals surface area contributed by atoms with Crippen LogP contribution in [0.15, 0.2) is 83.0 Å². The molecule has 4 rings (SSSR count). The second kappa shape index (κ2) is 6.53. The monoisotopic (exact) mass is 342 g/mol. The van der Waals surface area contributed by atoms with E-state index in [2.05, 4.69) is 13.8 Å². The molecule has 0 radical (unpaired) electrons. The first-order chi connectivity index (χ1) is 12.6. The maximum atomic E-state index is 13.3. The predicted molar refractivity (Wildman–Crippen MR) is 103 cm³/mol. The standard InChI is InChI=1S/C24H22O2/c1-15(2)20-18-13-14-19(20)22(24(26)17-11-7-4-8-12-17)21(18)23(25)16-9-5-3-6-10-16/h3-12,18-19H,13-14H2,1-2H3/t18-,19+. The summed E-state index contributed by atoms with van der Waals surface area (Å²) in [7, 11) is 0. The highest BCUT2D eigenvalue weighted by Gasteiger charge is 2.48. The molecule has 0 aliphatic heterocycles. The van der Waals surface area contributed by atoms with Gasteiger partial charge in [-0.3, -0.25) is 9.59 Å². The van der Waals surface area contributed by atoms with Crippen molar-refractivity contribution in [2.24, 2.45) is 11.8 Å². The van der Waals surface area contributed by atoms with Crippen molar-refractivity contribution in [3.63, 3.8) is 0 Å². The van der Waals surface area contributed by atoms with E-state index in [4.69, 9.17) is 0 Å². The van der Waals surface area contributed by atoms with Gasteiger partial charge in [0.1, 0.15) is 0 Å². The number of carbonyl (C=O) groups excluding carboxylic acids is 2. The van der Waals surface area contributed by atoms with Gasteiger partial charge in [0.15, 0.2) is 11.6 Å². The van der Waals surface area contributed by atoms with E-state index in [0.717, 1.165) is 24.0 Å². The second-order valence-electron chi connectivity index (χ2n) is 7.36. The Morgan fingerprint density at radius 3 is 1.42 bits per heavy atom. The molecule has 2 nitrogen and oxygen atoms in total. The Hall–Kier alpha value is -2.74. The summed E-state index contributed by atoms with van der Waals surface area (Å²) >= 11 is 0. The molecule has 1 fully saturated rings. The summed E-state index contributed by atoms with van der Waals surface area (Å²) in [6.07, 6.45) is 1.93. The molecule has 0 heterocycles. The largest absolute Gasteiger partial charge is 0.289 e. The number of Topliss-reactive ketones (excluding diaryl/α,β-unsaturated/α-hetero) is 2. The van der Waals surface area contributed by atoms with Crippen molar-refractivity contribution in [1.29, 1.82) is 0 Å². The molecule has 2 aromatic carbocycles. The van der Waals surface area contributed by atoms with Crippen LogP contribution in [-0.4, -0.2) is 11.6 Å². The first-order valence-electron chi connectivity index (χ1n) is 9.20. The Kier molecular flexibility index (Phi) is 4.20. The van der Waals surface area contributed by atoms with Gasteiger partial charge in [-0.25, -0.2) is 0 Å². The third-order valence-corrected chi connectivity index (χ3v) is 5.62. The Bertz CT molecular complexity index is 857. The molecule has 2 bridgehead atoms. The first-order valence-corrected chi connectivity index (χ1v) is 9.20. The van der Waals surface area contributed by atoms with E-state index >= 15 is 0 Å². The molecule has 0 saturated heterocycles. The summed E-state index contributed by atoms with van der Waals surface area (Å²) in [5.41, 5.74) is 5.34. The van der Waals surface area contributed by atoms with Gasteiger partial charge in [0, 0.05) is 34.1 Å². The predicted octanol–water partition coefficient (Wildman–Crippen LogP) is 5.43. The van der Waals surface area contributed by atoms with Crippen LogP contribution in [0.1, 0.15) is 47.4 Å². The van der Waals surface area contributed by atoms with Crippen LogP contribution >= 0.6 is 0 Å². The topological polar surface area (TPSA) is 34.1 Å². The van der Waals surface area contributed by atoms with E-state index in [1.807, 2.05) is 60.7 Å². The van der Waals surface area contributed by atoms with Crippen LogP contribution in [0, 0.1) is 11.8 Å². The van der Waals surface area contributed by atoms with E-state index in [1.165, 1.54) is 11.1 Å². The molecule has 1 saturated carbocycles. The molecule has 2 atom stereocenters. The third kappa shape index (κ3) is 2.57. The van der Waals surface area contributed by atoms with Crippen molar-refractivity contribution < 1.29 is 9.59 Å². The van der Waals surface area contributed by atoms with Crippen molar-refractivity contribution in [3.05, 3.63) is 94.1 Å². The molecule has 2 heteroatoms. The zero-order valence-electron chi connectivity index (χ0n) is 15.2. The van der Waals surface area contributed by atoms with E-state index in [9.17, 15) is 9.59 Å². The molecule has 0 amide bonds. The zero-order valence-corrected chi connectivity index (χ0v) is 15.2. The maximum absolute atomic E-state index is 13.3. The van der Waals surface area contributed by atoms with Gasteiger partial charge in [0.05, 0.1) is 0 Å². The Labute approximate surface area is 154 Å². The fourth-order valence-corrected chi connectivity index (χ4v) is 4.61. The molecule has 2 aromatic rings. The number of benzene rings is 2. The van der Waals surface area contributed by atoms with E-state index in [0.29, 0.717) is 11.1 Å². The van der Waals surface area contributed by atoms with Crippen LogP contribution in [0.3, 0.4) is 0 Å². The molecule has 130 valence electrons. The highest BCUT2D eigenvalue weighted by molar-refractivity contribution is 6.20. The molecule has 0 spiro atoms. The van der Waals surface area contributed by atoms with E-state index in [1.54, 1.807) is 0 Å². The van der Waals surface area contributed by atoms with Crippen LogP contribution in [-0.2, 0) is 0 Å². The summed E-state index contributed by atoms with van der Waals surface area (Å²) < 4.78 is 0. The van der Waals surface area contributed by atoms with Gasteiger partial charge in [-0.1, -0.05) is 71.8 Å². The average Bonchev–Trinajstić information content (AvgIpc) is 3.24. The van der Waals surface area contributed by atoms with Gasteiger partial charge in [0.25, 0.3) is 0 Å². The summed E-state index contributed by atoms with van der Waals surface area (Å²) in [6.45, 7) is 4.20. The van der Waals surface area contributed by atoms with E-state index < -0.39 is 0 Å². The minimum Gasteiger partial charge on any atom is -0.289 e. The smallest absolute Gasteiger partial charge is 0.190 e. The highest BCUT2D eigenvalue weighted by Crippen LogP contribution is 2.55. The van der Waals surface area contributed by atoms with Crippen LogP contribution < -0.4 is 0 Å². The molecule has 0 N–H and O–H groups in total. The van der Waals surface area contributed by atoms with Crippen LogP contribution in [0.2, 0.25) is 0 Å². The lowest BCUT2D eigenvalue weighted by Crippen LogP contribution is -2.18. The van der Waals surface area contributed by atoms with Gasteiger partial charge in [-0.2, -0.15) is 0 Å². The summed E-state index contributed by atoms with van der Waals surface area (Å²) in [5, 5.41) is 0. The molecular weight excluding hydrogens is 320 g/mol. The second-order valence-corrected chi connectivity index (χ2v) is 7.36. The molecule has 0 unspecified atom stereocenters. The number of hydrogen-bond acceptors (Lipinski definition) is 2. The molecule has 26 heavy (non-hydrogen) atoms. The number of rotatable bonds is 4. The lowest BCUT2D eigenvalue weighted by Gasteiger charge is -2.18. The highest BCUT2D eigenvalue weighted by atomic mass is 16.1. The first kappa shape index (κ1) is 16.7. The molecule has 0 aromatic heterocycles. The summed E-state index contributed by atoms with van der Waals surface area (Å²) in [6, 6.07) is 18.7. The van der Waals surface area contributed by atoms with Gasteiger partial charge in [-0.05, 0) is 26.7 Å². The van der Waals surface area contributed by atoms with Crippen molar-refractivity contribution in [2.45, 2.75) is 26.7 Å². The van der Waals surface area contributed by atoms with Crippen molar-refractivity contribution in [2.75, 3.05) is 0 Å². The number of carbonyl (C=O) groups is 2. The Balaban J connectivity index is 1.88. The summed E-state index contributed by atoms with van der Waals surface area (Å²) in [4.78, 5) is 26.6. The number of fused-ring (bicyclic) bond motifs is 2. The fourth-order valence-electron chi connectivity index (χ4n) is 4.61. The maximum Gasteiger partial charge on any atom is 0.190 e. The lowest BCUT2D eigenvalue weighted by atomic mass is 9.83. The number of ketones is 2. The van der Waals surface area contributed by atoms with Crippen molar-refractivity contribution >= 4 is 11.6 Å². The van der Waals surface area contributed by atoms with Crippen LogP contribution in [0.5, 0.6) is 0 Å². The van der Waals surface area contributed by atoms with Gasteiger partial charge >= 0.3 is 0 Å². The fraction of sp³-hybridized carbons (Fsp3) is 0.250. The number of allylic oxidation sites excluding steroid dienone is 4. The van der Waals surface area contributed by atoms with Crippen molar-refractivity contribution in [1.82, 2.24) is 0 Å². The van der Waals surface area contributed by atoms with E-state index in [-0.39, 0.29) is 23.4 Å². The minimum atomic E-state index is 0.0100. The number of hydrogen-bond donors (Lipinski definition) is 0. The third-order valence-electron chi connectivity index (χ3n) is 5.62. The van der Waals surface area contributed by atoms with Gasteiger partial charge in [-0.15, -0.1) is 0 Å². The lowest BCUT2D eigenvalue weighted by molar-refractivity contribution is 0.0987. The average molecular weight is 342 g/mol. The quantitative estimate of drug-likeness (QED) is 0.549. The zero-order chi connectivity index (χ0) is 18.3. The van der Waals surface area contributed by atoms with Crippen LogP contribution in [0.4, 0.5) is 0 Å². The SMILES string of the molecule is CC(C)=C1[C@@H]2CC[C@H]1C(C(=O)c1ccccc1)=C2C(=O)c1ccccc1. The van der Waals surface area contributed by atoms with Crippen molar-refractivity contribution in [3.8, 4) is 0 Å². The molecular formula is C24H22O2.